The molecule has 1 aromatic rings. The van der Waals surface area contributed by atoms with Crippen LogP contribution in [0.1, 0.15) is 42.7 Å². The maximum absolute atomic E-state index is 12.2. The maximum Gasteiger partial charge on any atom is 0.227 e. The van der Waals surface area contributed by atoms with Gasteiger partial charge in [-0.25, -0.2) is 0 Å². The van der Waals surface area contributed by atoms with Crippen LogP contribution >= 0.6 is 0 Å². The van der Waals surface area contributed by atoms with Crippen LogP contribution in [0.3, 0.4) is 0 Å². The first kappa shape index (κ1) is 13.1. The van der Waals surface area contributed by atoms with Gasteiger partial charge in [0.1, 0.15) is 0 Å². The summed E-state index contributed by atoms with van der Waals surface area (Å²) in [5, 5.41) is 11.7. The first-order valence-electron chi connectivity index (χ1n) is 6.79. The van der Waals surface area contributed by atoms with Gasteiger partial charge in [0.15, 0.2) is 0 Å². The van der Waals surface area contributed by atoms with Crippen molar-refractivity contribution in [1.29, 1.82) is 0 Å². The topological polar surface area (TPSA) is 49.3 Å². The summed E-state index contributed by atoms with van der Waals surface area (Å²) >= 11 is 0. The monoisotopic (exact) mass is 247 g/mol. The van der Waals surface area contributed by atoms with Crippen LogP contribution in [0.4, 0.5) is 0 Å². The number of hydrogen-bond donors (Lipinski definition) is 2. The summed E-state index contributed by atoms with van der Waals surface area (Å²) in [7, 11) is 0. The summed E-state index contributed by atoms with van der Waals surface area (Å²) in [6.45, 7) is 0.861. The molecule has 1 aliphatic carbocycles. The summed E-state index contributed by atoms with van der Waals surface area (Å²) in [6, 6.07) is 8.25. The van der Waals surface area contributed by atoms with E-state index in [4.69, 9.17) is 5.11 Å². The molecule has 0 saturated carbocycles. The number of fused-ring (bicyclic) bond motifs is 1. The van der Waals surface area contributed by atoms with Gasteiger partial charge in [0.2, 0.25) is 5.91 Å². The van der Waals surface area contributed by atoms with Crippen LogP contribution in [0.25, 0.3) is 0 Å². The Kier molecular flexibility index (Phi) is 4.76. The summed E-state index contributed by atoms with van der Waals surface area (Å²) in [5.41, 5.74) is 2.52. The van der Waals surface area contributed by atoms with Gasteiger partial charge in [-0.05, 0) is 43.2 Å². The molecule has 2 N–H and O–H groups in total. The van der Waals surface area contributed by atoms with Crippen LogP contribution in [0, 0.1) is 0 Å². The van der Waals surface area contributed by atoms with Crippen molar-refractivity contribution in [2.24, 2.45) is 0 Å². The van der Waals surface area contributed by atoms with Crippen LogP contribution in [-0.4, -0.2) is 24.2 Å². The fraction of sp³-hybridized carbons (Fsp3) is 0.533. The van der Waals surface area contributed by atoms with E-state index in [1.54, 1.807) is 0 Å². The van der Waals surface area contributed by atoms with Gasteiger partial charge in [-0.15, -0.1) is 0 Å². The first-order chi connectivity index (χ1) is 8.83. The Labute approximate surface area is 108 Å². The number of aliphatic hydroxyl groups excluding tert-OH is 1. The molecular formula is C15H21NO2. The quantitative estimate of drug-likeness (QED) is 0.782. The molecule has 1 aliphatic rings. The average Bonchev–Trinajstić information content (AvgIpc) is 2.43. The standard InChI is InChI=1S/C15H21NO2/c17-11-4-3-10-16-15(18)14-9-5-7-12-6-1-2-8-13(12)14/h1-2,6,8,14,17H,3-5,7,9-11H2,(H,16,18). The summed E-state index contributed by atoms with van der Waals surface area (Å²) in [4.78, 5) is 12.2. The third-order valence-corrected chi connectivity index (χ3v) is 3.57. The molecule has 1 unspecified atom stereocenters. The van der Waals surface area contributed by atoms with Gasteiger partial charge in [-0.1, -0.05) is 24.3 Å². The van der Waals surface area contributed by atoms with Crippen LogP contribution in [0.15, 0.2) is 24.3 Å². The van der Waals surface area contributed by atoms with E-state index in [2.05, 4.69) is 17.4 Å². The van der Waals surface area contributed by atoms with Gasteiger partial charge >= 0.3 is 0 Å². The number of hydrogen-bond acceptors (Lipinski definition) is 2. The van der Waals surface area contributed by atoms with Crippen molar-refractivity contribution in [2.75, 3.05) is 13.2 Å². The summed E-state index contributed by atoms with van der Waals surface area (Å²) in [5.74, 6) is 0.157. The normalized spacial score (nSPS) is 18.2. The van der Waals surface area contributed by atoms with Crippen LogP contribution < -0.4 is 5.32 Å². The summed E-state index contributed by atoms with van der Waals surface area (Å²) in [6.07, 6.45) is 4.72. The molecule has 2 rings (SSSR count). The second-order valence-corrected chi connectivity index (χ2v) is 4.87. The van der Waals surface area contributed by atoms with Crippen molar-refractivity contribution in [2.45, 2.75) is 38.0 Å². The Morgan fingerprint density at radius 1 is 1.33 bits per heavy atom. The van der Waals surface area contributed by atoms with Gasteiger partial charge in [-0.2, -0.15) is 0 Å². The van der Waals surface area contributed by atoms with E-state index < -0.39 is 0 Å². The number of unbranched alkanes of at least 4 members (excludes halogenated alkanes) is 1. The summed E-state index contributed by atoms with van der Waals surface area (Å²) < 4.78 is 0. The molecule has 1 aromatic carbocycles. The molecular weight excluding hydrogens is 226 g/mol. The van der Waals surface area contributed by atoms with Gasteiger partial charge < -0.3 is 10.4 Å². The minimum atomic E-state index is 0.0177. The number of aliphatic hydroxyl groups is 1. The lowest BCUT2D eigenvalue weighted by molar-refractivity contribution is -0.122. The molecule has 98 valence electrons. The van der Waals surface area contributed by atoms with E-state index in [1.807, 2.05) is 12.1 Å². The lowest BCUT2D eigenvalue weighted by atomic mass is 9.82. The van der Waals surface area contributed by atoms with Crippen molar-refractivity contribution < 1.29 is 9.90 Å². The van der Waals surface area contributed by atoms with Crippen molar-refractivity contribution in [3.8, 4) is 0 Å². The highest BCUT2D eigenvalue weighted by Crippen LogP contribution is 2.31. The van der Waals surface area contributed by atoms with E-state index in [0.717, 1.165) is 32.1 Å². The van der Waals surface area contributed by atoms with Gasteiger partial charge in [0.05, 0.1) is 5.92 Å². The Bertz CT molecular complexity index is 403. The van der Waals surface area contributed by atoms with Crippen molar-refractivity contribution >= 4 is 5.91 Å². The number of nitrogens with one attached hydrogen (secondary N) is 1. The zero-order valence-corrected chi connectivity index (χ0v) is 10.7. The molecule has 0 fully saturated rings. The van der Waals surface area contributed by atoms with Gasteiger partial charge in [-0.3, -0.25) is 4.79 Å². The fourth-order valence-corrected chi connectivity index (χ4v) is 2.60. The number of carbonyl (C=O) groups excluding carboxylic acids is 1. The van der Waals surface area contributed by atoms with E-state index in [9.17, 15) is 4.79 Å². The predicted octanol–water partition coefficient (Wildman–Crippen LogP) is 2.00. The molecule has 0 saturated heterocycles. The highest BCUT2D eigenvalue weighted by atomic mass is 16.2. The largest absolute Gasteiger partial charge is 0.396 e. The van der Waals surface area contributed by atoms with E-state index >= 15 is 0 Å². The zero-order valence-electron chi connectivity index (χ0n) is 10.7. The number of rotatable bonds is 5. The zero-order chi connectivity index (χ0) is 12.8. The van der Waals surface area contributed by atoms with Crippen LogP contribution in [-0.2, 0) is 11.2 Å². The third-order valence-electron chi connectivity index (χ3n) is 3.57. The Balaban J connectivity index is 1.95. The van der Waals surface area contributed by atoms with Crippen LogP contribution in [0.5, 0.6) is 0 Å². The van der Waals surface area contributed by atoms with Crippen LogP contribution in [0.2, 0.25) is 0 Å². The molecule has 1 atom stereocenters. The van der Waals surface area contributed by atoms with E-state index in [1.165, 1.54) is 11.1 Å². The Morgan fingerprint density at radius 2 is 2.17 bits per heavy atom. The minimum absolute atomic E-state index is 0.0177. The van der Waals surface area contributed by atoms with E-state index in [-0.39, 0.29) is 18.4 Å². The lowest BCUT2D eigenvalue weighted by Crippen LogP contribution is -2.32. The Hall–Kier alpha value is -1.35. The fourth-order valence-electron chi connectivity index (χ4n) is 2.60. The molecule has 3 heteroatoms. The second kappa shape index (κ2) is 6.55. The molecule has 0 spiro atoms. The average molecular weight is 247 g/mol. The molecule has 0 heterocycles. The van der Waals surface area contributed by atoms with Gasteiger partial charge in [0.25, 0.3) is 0 Å². The number of benzene rings is 1. The molecule has 0 bridgehead atoms. The highest BCUT2D eigenvalue weighted by Gasteiger charge is 2.25. The molecule has 0 aromatic heterocycles. The number of aryl methyl sites for hydroxylation is 1. The third kappa shape index (κ3) is 3.10. The number of carbonyl (C=O) groups is 1. The first-order valence-corrected chi connectivity index (χ1v) is 6.79. The smallest absolute Gasteiger partial charge is 0.227 e. The maximum atomic E-state index is 12.2. The van der Waals surface area contributed by atoms with Crippen molar-refractivity contribution in [3.05, 3.63) is 35.4 Å². The molecule has 3 nitrogen and oxygen atoms in total. The molecule has 0 aliphatic heterocycles. The van der Waals surface area contributed by atoms with Crippen molar-refractivity contribution in [3.63, 3.8) is 0 Å². The SMILES string of the molecule is O=C(NCCCCO)C1CCCc2ccccc21. The minimum Gasteiger partial charge on any atom is -0.396 e. The number of amides is 1. The Morgan fingerprint density at radius 3 is 3.00 bits per heavy atom. The second-order valence-electron chi connectivity index (χ2n) is 4.87. The molecule has 0 radical (unpaired) electrons. The van der Waals surface area contributed by atoms with E-state index in [0.29, 0.717) is 6.54 Å². The highest BCUT2D eigenvalue weighted by molar-refractivity contribution is 5.84. The lowest BCUT2D eigenvalue weighted by Gasteiger charge is -2.24. The molecule has 1 amide bonds. The predicted molar refractivity (Wildman–Crippen MR) is 71.5 cm³/mol. The molecule has 18 heavy (non-hydrogen) atoms. The van der Waals surface area contributed by atoms with Gasteiger partial charge in [0, 0.05) is 13.2 Å². The van der Waals surface area contributed by atoms with Crippen molar-refractivity contribution in [1.82, 2.24) is 5.32 Å².